The summed E-state index contributed by atoms with van der Waals surface area (Å²) < 4.78 is 32.2. The first-order chi connectivity index (χ1) is 8.97. The maximum absolute atomic E-state index is 13.4. The van der Waals surface area contributed by atoms with E-state index < -0.39 is 22.2 Å². The molecule has 0 fully saturated rings. The Morgan fingerprint density at radius 1 is 1.26 bits per heavy atom. The number of nitrogens with zero attached hydrogens (tertiary/aromatic N) is 2. The number of pyridine rings is 1. The van der Waals surface area contributed by atoms with Gasteiger partial charge in [0.05, 0.1) is 4.92 Å². The monoisotopic (exact) mass is 330 g/mol. The second kappa shape index (κ2) is 5.27. The molecule has 0 aliphatic rings. The second-order valence-electron chi connectivity index (χ2n) is 3.41. The summed E-state index contributed by atoms with van der Waals surface area (Å²) in [5, 5.41) is 10.4. The molecule has 2 rings (SSSR count). The molecular formula is C11H5BrF2N2O3. The third-order valence-electron chi connectivity index (χ3n) is 2.10. The van der Waals surface area contributed by atoms with E-state index in [0.29, 0.717) is 4.47 Å². The van der Waals surface area contributed by atoms with E-state index in [0.717, 1.165) is 24.3 Å². The number of rotatable bonds is 3. The molecule has 0 radical (unpaired) electrons. The van der Waals surface area contributed by atoms with E-state index in [4.69, 9.17) is 4.74 Å². The summed E-state index contributed by atoms with van der Waals surface area (Å²) in [5.41, 5.74) is -0.684. The maximum atomic E-state index is 13.4. The van der Waals surface area contributed by atoms with Gasteiger partial charge < -0.3 is 4.74 Å². The molecule has 19 heavy (non-hydrogen) atoms. The van der Waals surface area contributed by atoms with E-state index in [1.54, 1.807) is 0 Å². The summed E-state index contributed by atoms with van der Waals surface area (Å²) in [6.07, 6.45) is 1.31. The van der Waals surface area contributed by atoms with Crippen molar-refractivity contribution in [1.82, 2.24) is 4.98 Å². The molecule has 8 heteroatoms. The number of aromatic nitrogens is 1. The summed E-state index contributed by atoms with van der Waals surface area (Å²) in [6.45, 7) is 0. The molecule has 5 nitrogen and oxygen atoms in total. The van der Waals surface area contributed by atoms with Crippen LogP contribution in [0.1, 0.15) is 0 Å². The molecule has 0 N–H and O–H groups in total. The zero-order valence-corrected chi connectivity index (χ0v) is 10.7. The highest BCUT2D eigenvalue weighted by Crippen LogP contribution is 2.27. The van der Waals surface area contributed by atoms with Crippen molar-refractivity contribution in [2.24, 2.45) is 0 Å². The summed E-state index contributed by atoms with van der Waals surface area (Å²) in [7, 11) is 0. The Balaban J connectivity index is 2.29. The van der Waals surface area contributed by atoms with E-state index in [1.807, 2.05) is 0 Å². The normalized spacial score (nSPS) is 10.3. The van der Waals surface area contributed by atoms with Gasteiger partial charge in [0.15, 0.2) is 5.82 Å². The van der Waals surface area contributed by atoms with E-state index >= 15 is 0 Å². The highest BCUT2D eigenvalue weighted by atomic mass is 79.9. The van der Waals surface area contributed by atoms with Crippen LogP contribution < -0.4 is 4.74 Å². The molecule has 2 aromatic rings. The van der Waals surface area contributed by atoms with Gasteiger partial charge in [0.1, 0.15) is 5.75 Å². The average molecular weight is 331 g/mol. The molecule has 1 aromatic carbocycles. The fourth-order valence-corrected chi connectivity index (χ4v) is 1.59. The SMILES string of the molecule is O=[N+]([O-])c1ccc(Oc2ncc(Br)cc2F)cc1F. The lowest BCUT2D eigenvalue weighted by atomic mass is 10.3. The largest absolute Gasteiger partial charge is 0.436 e. The number of nitro benzene ring substituents is 1. The van der Waals surface area contributed by atoms with Crippen molar-refractivity contribution < 1.29 is 18.4 Å². The first kappa shape index (κ1) is 13.3. The lowest BCUT2D eigenvalue weighted by Gasteiger charge is -2.05. The maximum Gasteiger partial charge on any atom is 0.305 e. The van der Waals surface area contributed by atoms with Crippen LogP contribution in [0.2, 0.25) is 0 Å². The van der Waals surface area contributed by atoms with Gasteiger partial charge in [0.25, 0.3) is 5.88 Å². The standard InChI is InChI=1S/C11H5BrF2N2O3/c12-6-3-9(14)11(15-5-6)19-7-1-2-10(16(17)18)8(13)4-7/h1-5H. The Morgan fingerprint density at radius 2 is 2.00 bits per heavy atom. The molecule has 0 aliphatic heterocycles. The highest BCUT2D eigenvalue weighted by molar-refractivity contribution is 9.10. The average Bonchev–Trinajstić information content (AvgIpc) is 2.32. The Labute approximate surface area is 114 Å². The van der Waals surface area contributed by atoms with Gasteiger partial charge in [-0.1, -0.05) is 0 Å². The van der Waals surface area contributed by atoms with Gasteiger partial charge in [-0.2, -0.15) is 4.39 Å². The minimum atomic E-state index is -1.07. The number of hydrogen-bond acceptors (Lipinski definition) is 4. The second-order valence-corrected chi connectivity index (χ2v) is 4.33. The third-order valence-corrected chi connectivity index (χ3v) is 2.54. The molecule has 0 unspecified atom stereocenters. The van der Waals surface area contributed by atoms with Crippen LogP contribution >= 0.6 is 15.9 Å². The number of halogens is 3. The van der Waals surface area contributed by atoms with Gasteiger partial charge in [-0.3, -0.25) is 10.1 Å². The van der Waals surface area contributed by atoms with Gasteiger partial charge in [-0.25, -0.2) is 9.37 Å². The Kier molecular flexibility index (Phi) is 3.70. The van der Waals surface area contributed by atoms with Crippen LogP contribution in [0.25, 0.3) is 0 Å². The van der Waals surface area contributed by atoms with Gasteiger partial charge in [-0.05, 0) is 28.1 Å². The van der Waals surface area contributed by atoms with E-state index in [9.17, 15) is 18.9 Å². The highest BCUT2D eigenvalue weighted by Gasteiger charge is 2.15. The fourth-order valence-electron chi connectivity index (χ4n) is 1.29. The number of nitro groups is 1. The van der Waals surface area contributed by atoms with Gasteiger partial charge >= 0.3 is 5.69 Å². The third kappa shape index (κ3) is 3.02. The molecule has 98 valence electrons. The minimum absolute atomic E-state index is 0.0863. The first-order valence-electron chi connectivity index (χ1n) is 4.90. The minimum Gasteiger partial charge on any atom is -0.436 e. The van der Waals surface area contributed by atoms with E-state index in [-0.39, 0.29) is 11.6 Å². The topological polar surface area (TPSA) is 65.3 Å². The van der Waals surface area contributed by atoms with Gasteiger partial charge in [-0.15, -0.1) is 0 Å². The Hall–Kier alpha value is -2.09. The van der Waals surface area contributed by atoms with Crippen LogP contribution in [0.5, 0.6) is 11.6 Å². The summed E-state index contributed by atoms with van der Waals surface area (Å²) in [5.74, 6) is -2.25. The van der Waals surface area contributed by atoms with Crippen molar-refractivity contribution in [3.63, 3.8) is 0 Å². The van der Waals surface area contributed by atoms with Gasteiger partial charge in [0, 0.05) is 22.8 Å². The Bertz CT molecular complexity index is 652. The lowest BCUT2D eigenvalue weighted by Crippen LogP contribution is -1.95. The van der Waals surface area contributed by atoms with Gasteiger partial charge in [0.2, 0.25) is 5.82 Å². The van der Waals surface area contributed by atoms with Crippen molar-refractivity contribution in [1.29, 1.82) is 0 Å². The summed E-state index contributed by atoms with van der Waals surface area (Å²) >= 11 is 3.03. The van der Waals surface area contributed by atoms with Crippen molar-refractivity contribution in [2.45, 2.75) is 0 Å². The predicted molar refractivity (Wildman–Crippen MR) is 65.0 cm³/mol. The fraction of sp³-hybridized carbons (Fsp3) is 0. The smallest absolute Gasteiger partial charge is 0.305 e. The zero-order valence-electron chi connectivity index (χ0n) is 9.14. The molecule has 0 aliphatic carbocycles. The number of ether oxygens (including phenoxy) is 1. The molecule has 1 heterocycles. The van der Waals surface area contributed by atoms with Crippen molar-refractivity contribution in [2.75, 3.05) is 0 Å². The molecule has 0 atom stereocenters. The number of hydrogen-bond donors (Lipinski definition) is 0. The molecule has 0 spiro atoms. The molecular weight excluding hydrogens is 326 g/mol. The number of benzene rings is 1. The van der Waals surface area contributed by atoms with Crippen LogP contribution in [-0.2, 0) is 0 Å². The van der Waals surface area contributed by atoms with Crippen molar-refractivity contribution in [3.8, 4) is 11.6 Å². The zero-order chi connectivity index (χ0) is 14.0. The molecule has 0 bridgehead atoms. The van der Waals surface area contributed by atoms with Crippen LogP contribution in [0, 0.1) is 21.7 Å². The van der Waals surface area contributed by atoms with E-state index in [1.165, 1.54) is 6.20 Å². The lowest BCUT2D eigenvalue weighted by molar-refractivity contribution is -0.387. The quantitative estimate of drug-likeness (QED) is 0.633. The van der Waals surface area contributed by atoms with Crippen LogP contribution in [0.3, 0.4) is 0 Å². The summed E-state index contributed by atoms with van der Waals surface area (Å²) in [6, 6.07) is 4.01. The van der Waals surface area contributed by atoms with Crippen molar-refractivity contribution >= 4 is 21.6 Å². The summed E-state index contributed by atoms with van der Waals surface area (Å²) in [4.78, 5) is 13.2. The molecule has 0 amide bonds. The van der Waals surface area contributed by atoms with Crippen molar-refractivity contribution in [3.05, 3.63) is 56.7 Å². The predicted octanol–water partition coefficient (Wildman–Crippen LogP) is 3.82. The Morgan fingerprint density at radius 3 is 2.58 bits per heavy atom. The van der Waals surface area contributed by atoms with Crippen LogP contribution in [-0.4, -0.2) is 9.91 Å². The molecule has 0 saturated carbocycles. The molecule has 1 aromatic heterocycles. The molecule has 0 saturated heterocycles. The van der Waals surface area contributed by atoms with Crippen LogP contribution in [0.15, 0.2) is 34.9 Å². The first-order valence-corrected chi connectivity index (χ1v) is 5.69. The van der Waals surface area contributed by atoms with Crippen LogP contribution in [0.4, 0.5) is 14.5 Å². The van der Waals surface area contributed by atoms with E-state index in [2.05, 4.69) is 20.9 Å².